The Kier molecular flexibility index (Phi) is 6.09. The molecule has 0 aliphatic carbocycles. The Labute approximate surface area is 164 Å². The third-order valence-corrected chi connectivity index (χ3v) is 4.67. The number of para-hydroxylation sites is 2. The molecule has 0 unspecified atom stereocenters. The number of amides is 1. The van der Waals surface area contributed by atoms with E-state index in [0.29, 0.717) is 25.3 Å². The van der Waals surface area contributed by atoms with Crippen LogP contribution >= 0.6 is 0 Å². The van der Waals surface area contributed by atoms with Gasteiger partial charge in [0, 0.05) is 25.6 Å². The molecule has 1 aromatic heterocycles. The van der Waals surface area contributed by atoms with Gasteiger partial charge in [0.2, 0.25) is 11.8 Å². The molecule has 1 amide bonds. The van der Waals surface area contributed by atoms with Crippen molar-refractivity contribution in [3.63, 3.8) is 0 Å². The minimum absolute atomic E-state index is 0.0474. The molecular formula is C22H24FN3O2. The van der Waals surface area contributed by atoms with Crippen molar-refractivity contribution in [2.45, 2.75) is 26.7 Å². The van der Waals surface area contributed by atoms with E-state index in [9.17, 15) is 9.18 Å². The predicted octanol–water partition coefficient (Wildman–Crippen LogP) is 4.52. The van der Waals surface area contributed by atoms with Crippen LogP contribution in [0.2, 0.25) is 0 Å². The van der Waals surface area contributed by atoms with E-state index in [4.69, 9.17) is 4.74 Å². The molecule has 0 aliphatic heterocycles. The second-order valence-corrected chi connectivity index (χ2v) is 6.56. The fourth-order valence-electron chi connectivity index (χ4n) is 2.91. The van der Waals surface area contributed by atoms with Crippen LogP contribution in [-0.2, 0) is 11.2 Å². The van der Waals surface area contributed by atoms with Gasteiger partial charge in [-0.05, 0) is 44.5 Å². The molecule has 5 nitrogen and oxygen atoms in total. The number of aromatic nitrogens is 2. The van der Waals surface area contributed by atoms with Gasteiger partial charge in [0.1, 0.15) is 0 Å². The Balaban J connectivity index is 2.00. The fraction of sp³-hybridized carbons (Fsp3) is 0.273. The van der Waals surface area contributed by atoms with E-state index in [1.165, 1.54) is 6.07 Å². The number of ether oxygens (including phenoxy) is 1. The maximum Gasteiger partial charge on any atom is 0.226 e. The molecule has 0 bridgehead atoms. The highest BCUT2D eigenvalue weighted by Crippen LogP contribution is 2.32. The molecule has 0 saturated heterocycles. The van der Waals surface area contributed by atoms with Gasteiger partial charge in [-0.25, -0.2) is 9.07 Å². The van der Waals surface area contributed by atoms with Crippen molar-refractivity contribution in [3.8, 4) is 17.3 Å². The van der Waals surface area contributed by atoms with Crippen LogP contribution in [0.1, 0.15) is 24.6 Å². The van der Waals surface area contributed by atoms with Crippen LogP contribution in [0.25, 0.3) is 5.69 Å². The smallest absolute Gasteiger partial charge is 0.226 e. The third-order valence-electron chi connectivity index (χ3n) is 4.67. The molecule has 1 heterocycles. The van der Waals surface area contributed by atoms with Gasteiger partial charge >= 0.3 is 0 Å². The zero-order chi connectivity index (χ0) is 20.1. The van der Waals surface area contributed by atoms with Crippen LogP contribution in [0.4, 0.5) is 4.39 Å². The van der Waals surface area contributed by atoms with E-state index in [2.05, 4.69) is 5.10 Å². The van der Waals surface area contributed by atoms with Gasteiger partial charge in [-0.15, -0.1) is 0 Å². The number of halogens is 1. The van der Waals surface area contributed by atoms with Gasteiger partial charge in [0.05, 0.1) is 11.4 Å². The van der Waals surface area contributed by atoms with Crippen LogP contribution in [0.5, 0.6) is 11.6 Å². The Hall–Kier alpha value is -3.15. The van der Waals surface area contributed by atoms with E-state index in [1.807, 2.05) is 44.2 Å². The van der Waals surface area contributed by atoms with Gasteiger partial charge < -0.3 is 9.64 Å². The maximum absolute atomic E-state index is 14.2. The van der Waals surface area contributed by atoms with Crippen molar-refractivity contribution >= 4 is 5.91 Å². The van der Waals surface area contributed by atoms with Crippen LogP contribution < -0.4 is 4.74 Å². The zero-order valence-corrected chi connectivity index (χ0v) is 16.4. The van der Waals surface area contributed by atoms with E-state index < -0.39 is 5.82 Å². The minimum atomic E-state index is -0.450. The van der Waals surface area contributed by atoms with E-state index in [0.717, 1.165) is 16.9 Å². The molecule has 2 aromatic carbocycles. The lowest BCUT2D eigenvalue weighted by molar-refractivity contribution is -0.129. The van der Waals surface area contributed by atoms with Crippen molar-refractivity contribution in [1.29, 1.82) is 0 Å². The molecule has 0 atom stereocenters. The summed E-state index contributed by atoms with van der Waals surface area (Å²) in [6.45, 7) is 4.46. The number of aryl methyl sites for hydroxylation is 1. The lowest BCUT2D eigenvalue weighted by atomic mass is 10.1. The number of hydrogen-bond donors (Lipinski definition) is 0. The molecule has 0 radical (unpaired) electrons. The number of hydrogen-bond acceptors (Lipinski definition) is 3. The van der Waals surface area contributed by atoms with Crippen molar-refractivity contribution in [2.24, 2.45) is 0 Å². The molecule has 3 aromatic rings. The molecule has 6 heteroatoms. The van der Waals surface area contributed by atoms with Crippen molar-refractivity contribution in [3.05, 3.63) is 71.7 Å². The number of benzene rings is 2. The van der Waals surface area contributed by atoms with Crippen LogP contribution in [0, 0.1) is 12.7 Å². The third kappa shape index (κ3) is 4.22. The average Bonchev–Trinajstić information content (AvgIpc) is 3.03. The Morgan fingerprint density at radius 1 is 1.14 bits per heavy atom. The standard InChI is InChI=1S/C22H24FN3O2/c1-4-25(3)21(27)15-14-18-16(2)24-26(17-10-6-5-7-11-17)22(18)28-20-13-9-8-12-19(20)23/h5-13H,4,14-15H2,1-3H3. The normalized spacial score (nSPS) is 10.7. The van der Waals surface area contributed by atoms with Crippen molar-refractivity contribution in [2.75, 3.05) is 13.6 Å². The first-order chi connectivity index (χ1) is 13.5. The zero-order valence-electron chi connectivity index (χ0n) is 16.4. The quantitative estimate of drug-likeness (QED) is 0.604. The van der Waals surface area contributed by atoms with Gasteiger partial charge in [0.25, 0.3) is 0 Å². The molecule has 0 N–H and O–H groups in total. The monoisotopic (exact) mass is 381 g/mol. The Morgan fingerprint density at radius 2 is 1.82 bits per heavy atom. The second-order valence-electron chi connectivity index (χ2n) is 6.56. The second kappa shape index (κ2) is 8.69. The maximum atomic E-state index is 14.2. The predicted molar refractivity (Wildman–Crippen MR) is 106 cm³/mol. The summed E-state index contributed by atoms with van der Waals surface area (Å²) in [5.74, 6) is 0.151. The Bertz CT molecular complexity index is 954. The number of rotatable bonds is 7. The highest BCUT2D eigenvalue weighted by molar-refractivity contribution is 5.76. The van der Waals surface area contributed by atoms with Gasteiger partial charge in [-0.2, -0.15) is 5.10 Å². The lowest BCUT2D eigenvalue weighted by Gasteiger charge is -2.15. The first-order valence-corrected chi connectivity index (χ1v) is 9.31. The summed E-state index contributed by atoms with van der Waals surface area (Å²) in [4.78, 5) is 13.9. The van der Waals surface area contributed by atoms with Gasteiger partial charge in [-0.3, -0.25) is 4.79 Å². The SMILES string of the molecule is CCN(C)C(=O)CCc1c(C)nn(-c2ccccc2)c1Oc1ccccc1F. The molecule has 0 aliphatic rings. The number of nitrogens with zero attached hydrogens (tertiary/aromatic N) is 3. The van der Waals surface area contributed by atoms with Gasteiger partial charge in [-0.1, -0.05) is 30.3 Å². The topological polar surface area (TPSA) is 47.4 Å². The molecule has 0 fully saturated rings. The molecular weight excluding hydrogens is 357 g/mol. The number of carbonyl (C=O) groups excluding carboxylic acids is 1. The van der Waals surface area contributed by atoms with Crippen LogP contribution in [0.15, 0.2) is 54.6 Å². The van der Waals surface area contributed by atoms with Crippen LogP contribution in [0.3, 0.4) is 0 Å². The van der Waals surface area contributed by atoms with Crippen molar-refractivity contribution in [1.82, 2.24) is 14.7 Å². The summed E-state index contributed by atoms with van der Waals surface area (Å²) in [6.07, 6.45) is 0.797. The Morgan fingerprint density at radius 3 is 2.50 bits per heavy atom. The average molecular weight is 381 g/mol. The number of carbonyl (C=O) groups is 1. The fourth-order valence-corrected chi connectivity index (χ4v) is 2.91. The summed E-state index contributed by atoms with van der Waals surface area (Å²) in [5.41, 5.74) is 2.35. The molecule has 146 valence electrons. The minimum Gasteiger partial charge on any atom is -0.436 e. The highest BCUT2D eigenvalue weighted by Gasteiger charge is 2.21. The molecule has 3 rings (SSSR count). The highest BCUT2D eigenvalue weighted by atomic mass is 19.1. The van der Waals surface area contributed by atoms with Gasteiger partial charge in [0.15, 0.2) is 11.6 Å². The summed E-state index contributed by atoms with van der Waals surface area (Å²) in [5, 5.41) is 4.59. The van der Waals surface area contributed by atoms with Crippen LogP contribution in [-0.4, -0.2) is 34.2 Å². The van der Waals surface area contributed by atoms with E-state index in [1.54, 1.807) is 34.8 Å². The molecule has 0 spiro atoms. The molecule has 28 heavy (non-hydrogen) atoms. The summed E-state index contributed by atoms with van der Waals surface area (Å²) >= 11 is 0. The van der Waals surface area contributed by atoms with E-state index in [-0.39, 0.29) is 11.7 Å². The van der Waals surface area contributed by atoms with E-state index >= 15 is 0 Å². The largest absolute Gasteiger partial charge is 0.436 e. The summed E-state index contributed by atoms with van der Waals surface area (Å²) in [6, 6.07) is 15.8. The first-order valence-electron chi connectivity index (χ1n) is 9.31. The first kappa shape index (κ1) is 19.6. The molecule has 0 saturated carbocycles. The van der Waals surface area contributed by atoms with Crippen molar-refractivity contribution < 1.29 is 13.9 Å². The summed E-state index contributed by atoms with van der Waals surface area (Å²) < 4.78 is 21.8. The lowest BCUT2D eigenvalue weighted by Crippen LogP contribution is -2.26. The summed E-state index contributed by atoms with van der Waals surface area (Å²) in [7, 11) is 1.78.